The van der Waals surface area contributed by atoms with Gasteiger partial charge in [0.1, 0.15) is 11.5 Å². The van der Waals surface area contributed by atoms with E-state index >= 15 is 0 Å². The fraction of sp³-hybridized carbons (Fsp3) is 0.100. The lowest BCUT2D eigenvalue weighted by atomic mass is 9.95. The number of aromatic nitrogens is 2. The number of phenolic OH excluding ortho intramolecular Hbond substituents is 1. The number of rotatable bonds is 5. The number of ether oxygens (including phenoxy) is 1. The van der Waals surface area contributed by atoms with Gasteiger partial charge < -0.3 is 24.9 Å². The highest BCUT2D eigenvalue weighted by molar-refractivity contribution is 5.92. The minimum absolute atomic E-state index is 0.0230. The number of esters is 1. The zero-order valence-electron chi connectivity index (χ0n) is 14.1. The summed E-state index contributed by atoms with van der Waals surface area (Å²) in [5.74, 6) is -2.50. The van der Waals surface area contributed by atoms with Crippen LogP contribution in [-0.4, -0.2) is 32.1 Å². The first-order valence-corrected chi connectivity index (χ1v) is 8.32. The van der Waals surface area contributed by atoms with E-state index in [4.69, 9.17) is 4.74 Å². The Morgan fingerprint density at radius 1 is 1.04 bits per heavy atom. The zero-order valence-corrected chi connectivity index (χ0v) is 14.1. The molecule has 2 heterocycles. The standard InChI is InChI=1S/C20H16N2O5/c23-12-1-3-18-14(8-12)16(10-22-18)15(20(25)26)9-19(24)27-13-2-4-17-11(7-13)5-6-21-17/h1-8,10,15,21-23H,9H2,(H,25,26). The average Bonchev–Trinajstić information content (AvgIpc) is 3.25. The van der Waals surface area contributed by atoms with Crippen LogP contribution in [0.4, 0.5) is 0 Å². The molecule has 0 amide bonds. The van der Waals surface area contributed by atoms with Crippen molar-refractivity contribution in [1.82, 2.24) is 9.97 Å². The third-order valence-electron chi connectivity index (χ3n) is 4.50. The summed E-state index contributed by atoms with van der Waals surface area (Å²) in [6.45, 7) is 0. The number of phenols is 1. The Morgan fingerprint density at radius 3 is 2.67 bits per heavy atom. The minimum Gasteiger partial charge on any atom is -0.508 e. The molecule has 0 spiro atoms. The normalized spacial score (nSPS) is 12.3. The van der Waals surface area contributed by atoms with Crippen molar-refractivity contribution in [2.75, 3.05) is 0 Å². The molecular weight excluding hydrogens is 348 g/mol. The molecule has 0 aliphatic rings. The lowest BCUT2D eigenvalue weighted by Crippen LogP contribution is -2.19. The van der Waals surface area contributed by atoms with Crippen molar-refractivity contribution < 1.29 is 24.5 Å². The first-order chi connectivity index (χ1) is 13.0. The fourth-order valence-corrected chi connectivity index (χ4v) is 3.18. The van der Waals surface area contributed by atoms with Crippen molar-refractivity contribution in [3.63, 3.8) is 0 Å². The molecule has 0 bridgehead atoms. The van der Waals surface area contributed by atoms with E-state index in [9.17, 15) is 19.8 Å². The molecule has 1 atom stereocenters. The number of fused-ring (bicyclic) bond motifs is 2. The number of aliphatic carboxylic acids is 1. The van der Waals surface area contributed by atoms with Gasteiger partial charge in [-0.25, -0.2) is 0 Å². The van der Waals surface area contributed by atoms with E-state index in [-0.39, 0.29) is 12.2 Å². The van der Waals surface area contributed by atoms with Gasteiger partial charge in [0.15, 0.2) is 0 Å². The van der Waals surface area contributed by atoms with E-state index in [2.05, 4.69) is 9.97 Å². The molecular formula is C20H16N2O5. The first kappa shape index (κ1) is 16.7. The maximum Gasteiger partial charge on any atom is 0.312 e. The van der Waals surface area contributed by atoms with Crippen molar-refractivity contribution in [3.8, 4) is 11.5 Å². The van der Waals surface area contributed by atoms with Crippen molar-refractivity contribution in [1.29, 1.82) is 0 Å². The number of carbonyl (C=O) groups is 2. The molecule has 136 valence electrons. The van der Waals surface area contributed by atoms with Crippen molar-refractivity contribution in [3.05, 3.63) is 60.4 Å². The predicted molar refractivity (Wildman–Crippen MR) is 98.9 cm³/mol. The van der Waals surface area contributed by atoms with Crippen LogP contribution in [0.5, 0.6) is 11.5 Å². The minimum atomic E-state index is -1.14. The van der Waals surface area contributed by atoms with Crippen molar-refractivity contribution in [2.24, 2.45) is 0 Å². The van der Waals surface area contributed by atoms with Crippen LogP contribution in [0.15, 0.2) is 54.9 Å². The smallest absolute Gasteiger partial charge is 0.312 e. The highest BCUT2D eigenvalue weighted by Crippen LogP contribution is 2.31. The first-order valence-electron chi connectivity index (χ1n) is 8.32. The summed E-state index contributed by atoms with van der Waals surface area (Å²) in [4.78, 5) is 30.1. The van der Waals surface area contributed by atoms with E-state index in [0.717, 1.165) is 10.9 Å². The van der Waals surface area contributed by atoms with Crippen molar-refractivity contribution >= 4 is 33.7 Å². The Bertz CT molecular complexity index is 1160. The summed E-state index contributed by atoms with van der Waals surface area (Å²) in [6, 6.07) is 11.6. The molecule has 4 N–H and O–H groups in total. The predicted octanol–water partition coefficient (Wildman–Crippen LogP) is 3.52. The number of benzene rings is 2. The molecule has 2 aromatic carbocycles. The van der Waals surface area contributed by atoms with Gasteiger partial charge in [-0.2, -0.15) is 0 Å². The molecule has 0 aliphatic heterocycles. The molecule has 0 radical (unpaired) electrons. The SMILES string of the molecule is O=C(CC(C(=O)O)c1c[nH]c2ccc(O)cc12)Oc1ccc2[nH]ccc2c1. The maximum absolute atomic E-state index is 12.3. The number of hydrogen-bond acceptors (Lipinski definition) is 4. The molecule has 0 aliphatic carbocycles. The monoisotopic (exact) mass is 364 g/mol. The van der Waals surface area contributed by atoms with Crippen LogP contribution in [0.25, 0.3) is 21.8 Å². The molecule has 4 aromatic rings. The third kappa shape index (κ3) is 3.22. The van der Waals surface area contributed by atoms with E-state index in [1.165, 1.54) is 12.1 Å². The summed E-state index contributed by atoms with van der Waals surface area (Å²) >= 11 is 0. The van der Waals surface area contributed by atoms with Crippen LogP contribution in [0, 0.1) is 0 Å². The fourth-order valence-electron chi connectivity index (χ4n) is 3.18. The Labute approximate surface area is 153 Å². The Hall–Kier alpha value is -3.74. The van der Waals surface area contributed by atoms with E-state index in [1.807, 2.05) is 6.07 Å². The number of aromatic amines is 2. The van der Waals surface area contributed by atoms with Crippen LogP contribution in [0.1, 0.15) is 17.9 Å². The van der Waals surface area contributed by atoms with Gasteiger partial charge in [-0.3, -0.25) is 9.59 Å². The van der Waals surface area contributed by atoms with Crippen LogP contribution < -0.4 is 4.74 Å². The van der Waals surface area contributed by atoms with E-state index < -0.39 is 17.9 Å². The van der Waals surface area contributed by atoms with Crippen molar-refractivity contribution in [2.45, 2.75) is 12.3 Å². The largest absolute Gasteiger partial charge is 0.508 e. The van der Waals surface area contributed by atoms with Gasteiger partial charge in [0.05, 0.1) is 12.3 Å². The van der Waals surface area contributed by atoms with Gasteiger partial charge in [0.25, 0.3) is 0 Å². The number of hydrogen-bond donors (Lipinski definition) is 4. The topological polar surface area (TPSA) is 115 Å². The molecule has 0 saturated heterocycles. The molecule has 7 nitrogen and oxygen atoms in total. The average molecular weight is 364 g/mol. The van der Waals surface area contributed by atoms with Gasteiger partial charge in [-0.15, -0.1) is 0 Å². The Morgan fingerprint density at radius 2 is 1.85 bits per heavy atom. The second kappa shape index (κ2) is 6.53. The van der Waals surface area contributed by atoms with Gasteiger partial charge in [-0.05, 0) is 48.0 Å². The van der Waals surface area contributed by atoms with Crippen LogP contribution in [0.3, 0.4) is 0 Å². The third-order valence-corrected chi connectivity index (χ3v) is 4.50. The van der Waals surface area contributed by atoms with Crippen LogP contribution >= 0.6 is 0 Å². The zero-order chi connectivity index (χ0) is 19.0. The second-order valence-corrected chi connectivity index (χ2v) is 6.27. The molecule has 27 heavy (non-hydrogen) atoms. The lowest BCUT2D eigenvalue weighted by molar-refractivity contribution is -0.144. The summed E-state index contributed by atoms with van der Waals surface area (Å²) in [6.07, 6.45) is 2.99. The highest BCUT2D eigenvalue weighted by atomic mass is 16.5. The molecule has 4 rings (SSSR count). The number of nitrogens with one attached hydrogen (secondary N) is 2. The molecule has 2 aromatic heterocycles. The summed E-state index contributed by atoms with van der Waals surface area (Å²) in [5, 5.41) is 20.7. The number of carboxylic acids is 1. The molecule has 7 heteroatoms. The van der Waals surface area contributed by atoms with Gasteiger partial charge >= 0.3 is 11.9 Å². The molecule has 0 fully saturated rings. The van der Waals surface area contributed by atoms with Gasteiger partial charge in [-0.1, -0.05) is 0 Å². The van der Waals surface area contributed by atoms with E-state index in [1.54, 1.807) is 36.7 Å². The number of aromatic hydroxyl groups is 1. The van der Waals surface area contributed by atoms with Crippen LogP contribution in [-0.2, 0) is 9.59 Å². The Balaban J connectivity index is 1.58. The van der Waals surface area contributed by atoms with E-state index in [0.29, 0.717) is 22.2 Å². The number of carbonyl (C=O) groups excluding carboxylic acids is 1. The highest BCUT2D eigenvalue weighted by Gasteiger charge is 2.27. The lowest BCUT2D eigenvalue weighted by Gasteiger charge is -2.12. The molecule has 0 saturated carbocycles. The van der Waals surface area contributed by atoms with Crippen LogP contribution in [0.2, 0.25) is 0 Å². The van der Waals surface area contributed by atoms with Gasteiger partial charge in [0.2, 0.25) is 0 Å². The Kier molecular flexibility index (Phi) is 4.04. The quantitative estimate of drug-likeness (QED) is 0.319. The number of carboxylic acid groups (broad SMARTS) is 1. The molecule has 1 unspecified atom stereocenters. The maximum atomic E-state index is 12.3. The summed E-state index contributed by atoms with van der Waals surface area (Å²) in [7, 11) is 0. The second-order valence-electron chi connectivity index (χ2n) is 6.27. The number of H-pyrrole nitrogens is 2. The summed E-state index contributed by atoms with van der Waals surface area (Å²) < 4.78 is 5.33. The summed E-state index contributed by atoms with van der Waals surface area (Å²) in [5.41, 5.74) is 2.02. The van der Waals surface area contributed by atoms with Gasteiger partial charge in [0, 0.05) is 34.2 Å².